The van der Waals surface area contributed by atoms with Gasteiger partial charge in [0.2, 0.25) is 0 Å². The van der Waals surface area contributed by atoms with Crippen molar-refractivity contribution in [1.82, 2.24) is 5.43 Å². The number of hydrogen-bond donors (Lipinski definition) is 2. The van der Waals surface area contributed by atoms with E-state index in [4.69, 9.17) is 29.0 Å². The van der Waals surface area contributed by atoms with Gasteiger partial charge >= 0.3 is 0 Å². The summed E-state index contributed by atoms with van der Waals surface area (Å²) in [6, 6.07) is 13.9. The SMILES string of the molecule is NNC(c1cc(Cl)ccc1Cl)C1Cc2ccccc2S1. The minimum absolute atomic E-state index is 0.0291. The van der Waals surface area contributed by atoms with Gasteiger partial charge in [0, 0.05) is 20.2 Å². The van der Waals surface area contributed by atoms with Crippen LogP contribution >= 0.6 is 35.0 Å². The van der Waals surface area contributed by atoms with E-state index in [1.54, 1.807) is 6.07 Å². The van der Waals surface area contributed by atoms with Gasteiger partial charge in [-0.25, -0.2) is 0 Å². The van der Waals surface area contributed by atoms with Crippen molar-refractivity contribution in [1.29, 1.82) is 0 Å². The summed E-state index contributed by atoms with van der Waals surface area (Å²) in [5.74, 6) is 5.77. The summed E-state index contributed by atoms with van der Waals surface area (Å²) in [7, 11) is 0. The summed E-state index contributed by atoms with van der Waals surface area (Å²) in [6.45, 7) is 0. The molecule has 0 aromatic heterocycles. The van der Waals surface area contributed by atoms with E-state index in [1.807, 2.05) is 23.9 Å². The summed E-state index contributed by atoms with van der Waals surface area (Å²) in [5, 5.41) is 1.67. The highest BCUT2D eigenvalue weighted by atomic mass is 35.5. The highest BCUT2D eigenvalue weighted by Gasteiger charge is 2.31. The van der Waals surface area contributed by atoms with Gasteiger partial charge in [0.05, 0.1) is 6.04 Å². The van der Waals surface area contributed by atoms with Crippen LogP contribution in [0.1, 0.15) is 17.2 Å². The fraction of sp³-hybridized carbons (Fsp3) is 0.200. The van der Waals surface area contributed by atoms with Crippen molar-refractivity contribution in [3.8, 4) is 0 Å². The maximum Gasteiger partial charge on any atom is 0.0600 e. The minimum atomic E-state index is -0.0291. The van der Waals surface area contributed by atoms with Gasteiger partial charge in [0.15, 0.2) is 0 Å². The molecule has 0 radical (unpaired) electrons. The van der Waals surface area contributed by atoms with Crippen molar-refractivity contribution in [2.24, 2.45) is 5.84 Å². The molecule has 0 aliphatic carbocycles. The molecule has 2 aromatic carbocycles. The normalized spacial score (nSPS) is 18.9. The Morgan fingerprint density at radius 2 is 2.00 bits per heavy atom. The molecule has 2 atom stereocenters. The molecular weight excluding hydrogens is 311 g/mol. The molecule has 0 spiro atoms. The summed E-state index contributed by atoms with van der Waals surface area (Å²) >= 11 is 14.2. The van der Waals surface area contributed by atoms with Crippen molar-refractivity contribution in [3.63, 3.8) is 0 Å². The van der Waals surface area contributed by atoms with Crippen molar-refractivity contribution in [2.45, 2.75) is 22.6 Å². The molecule has 2 nitrogen and oxygen atoms in total. The zero-order valence-electron chi connectivity index (χ0n) is 10.6. The van der Waals surface area contributed by atoms with Gasteiger partial charge in [-0.1, -0.05) is 41.4 Å². The molecule has 104 valence electrons. The summed E-state index contributed by atoms with van der Waals surface area (Å²) in [5.41, 5.74) is 5.21. The zero-order valence-corrected chi connectivity index (χ0v) is 13.0. The minimum Gasteiger partial charge on any atom is -0.271 e. The lowest BCUT2D eigenvalue weighted by atomic mass is 9.99. The van der Waals surface area contributed by atoms with E-state index in [9.17, 15) is 0 Å². The average molecular weight is 325 g/mol. The van der Waals surface area contributed by atoms with Crippen LogP contribution in [-0.2, 0) is 6.42 Å². The topological polar surface area (TPSA) is 38.0 Å². The molecular formula is C15H14Cl2N2S. The molecule has 3 N–H and O–H groups in total. The monoisotopic (exact) mass is 324 g/mol. The maximum atomic E-state index is 6.30. The van der Waals surface area contributed by atoms with Crippen LogP contribution in [-0.4, -0.2) is 5.25 Å². The second-order valence-electron chi connectivity index (χ2n) is 4.78. The predicted molar refractivity (Wildman–Crippen MR) is 86.3 cm³/mol. The summed E-state index contributed by atoms with van der Waals surface area (Å²) < 4.78 is 0. The van der Waals surface area contributed by atoms with Crippen LogP contribution in [0.25, 0.3) is 0 Å². The zero-order chi connectivity index (χ0) is 14.1. The number of nitrogens with one attached hydrogen (secondary N) is 1. The van der Waals surface area contributed by atoms with E-state index in [-0.39, 0.29) is 6.04 Å². The Kier molecular flexibility index (Phi) is 4.24. The number of rotatable bonds is 3. The predicted octanol–water partition coefficient (Wildman–Crippen LogP) is 4.21. The van der Waals surface area contributed by atoms with Crippen LogP contribution in [0.2, 0.25) is 10.0 Å². The quantitative estimate of drug-likeness (QED) is 0.656. The first-order valence-electron chi connectivity index (χ1n) is 6.34. The third-order valence-corrected chi connectivity index (χ3v) is 5.49. The molecule has 20 heavy (non-hydrogen) atoms. The van der Waals surface area contributed by atoms with E-state index < -0.39 is 0 Å². The van der Waals surface area contributed by atoms with Crippen LogP contribution in [0, 0.1) is 0 Å². The smallest absolute Gasteiger partial charge is 0.0600 e. The van der Waals surface area contributed by atoms with Crippen molar-refractivity contribution >= 4 is 35.0 Å². The lowest BCUT2D eigenvalue weighted by molar-refractivity contribution is 0.533. The molecule has 0 fully saturated rings. The lowest BCUT2D eigenvalue weighted by Crippen LogP contribution is -2.35. The number of hydrogen-bond acceptors (Lipinski definition) is 3. The highest BCUT2D eigenvalue weighted by Crippen LogP contribution is 2.43. The number of thioether (sulfide) groups is 1. The molecule has 0 saturated carbocycles. The number of halogens is 2. The largest absolute Gasteiger partial charge is 0.271 e. The first kappa shape index (κ1) is 14.2. The molecule has 2 aromatic rings. The van der Waals surface area contributed by atoms with Crippen LogP contribution in [0.3, 0.4) is 0 Å². The standard InChI is InChI=1S/C15H14Cl2N2S/c16-10-5-6-12(17)11(8-10)15(19-18)14-7-9-3-1-2-4-13(9)20-14/h1-6,8,14-15,19H,7,18H2. The second-order valence-corrected chi connectivity index (χ2v) is 6.90. The molecule has 2 unspecified atom stereocenters. The van der Waals surface area contributed by atoms with Crippen molar-refractivity contribution in [2.75, 3.05) is 0 Å². The van der Waals surface area contributed by atoms with Crippen LogP contribution in [0.15, 0.2) is 47.4 Å². The molecule has 5 heteroatoms. The van der Waals surface area contributed by atoms with Gasteiger partial charge in [-0.3, -0.25) is 11.3 Å². The Morgan fingerprint density at radius 3 is 2.75 bits per heavy atom. The van der Waals surface area contributed by atoms with Crippen molar-refractivity contribution in [3.05, 3.63) is 63.6 Å². The molecule has 1 heterocycles. The van der Waals surface area contributed by atoms with E-state index in [0.717, 1.165) is 12.0 Å². The summed E-state index contributed by atoms with van der Waals surface area (Å²) in [6.07, 6.45) is 0.971. The molecule has 3 rings (SSSR count). The van der Waals surface area contributed by atoms with Gasteiger partial charge in [0.1, 0.15) is 0 Å². The summed E-state index contributed by atoms with van der Waals surface area (Å²) in [4.78, 5) is 1.32. The first-order chi connectivity index (χ1) is 9.69. The Balaban J connectivity index is 1.91. The first-order valence-corrected chi connectivity index (χ1v) is 7.98. The van der Waals surface area contributed by atoms with Crippen LogP contribution in [0.4, 0.5) is 0 Å². The fourth-order valence-electron chi connectivity index (χ4n) is 2.55. The van der Waals surface area contributed by atoms with Crippen LogP contribution < -0.4 is 11.3 Å². The van der Waals surface area contributed by atoms with E-state index in [1.165, 1.54) is 10.5 Å². The molecule has 1 aliphatic heterocycles. The molecule has 0 saturated heterocycles. The van der Waals surface area contributed by atoms with Gasteiger partial charge in [-0.05, 0) is 41.8 Å². The van der Waals surface area contributed by atoms with E-state index in [0.29, 0.717) is 15.3 Å². The number of hydrazine groups is 1. The van der Waals surface area contributed by atoms with Gasteiger partial charge in [-0.15, -0.1) is 11.8 Å². The van der Waals surface area contributed by atoms with Gasteiger partial charge in [0.25, 0.3) is 0 Å². The second kappa shape index (κ2) is 5.96. The lowest BCUT2D eigenvalue weighted by Gasteiger charge is -2.23. The third-order valence-electron chi connectivity index (χ3n) is 3.52. The fourth-order valence-corrected chi connectivity index (χ4v) is 4.37. The molecule has 1 aliphatic rings. The van der Waals surface area contributed by atoms with E-state index >= 15 is 0 Å². The maximum absolute atomic E-state index is 6.30. The number of benzene rings is 2. The Hall–Kier alpha value is -0.710. The number of fused-ring (bicyclic) bond motifs is 1. The Bertz CT molecular complexity index is 608. The van der Waals surface area contributed by atoms with Gasteiger partial charge < -0.3 is 0 Å². The molecule has 0 amide bonds. The van der Waals surface area contributed by atoms with Gasteiger partial charge in [-0.2, -0.15) is 0 Å². The Labute approximate surface area is 132 Å². The average Bonchev–Trinajstić information content (AvgIpc) is 2.87. The van der Waals surface area contributed by atoms with E-state index in [2.05, 4.69) is 29.7 Å². The van der Waals surface area contributed by atoms with Crippen molar-refractivity contribution < 1.29 is 0 Å². The highest BCUT2D eigenvalue weighted by molar-refractivity contribution is 8.00. The van der Waals surface area contributed by atoms with Crippen LogP contribution in [0.5, 0.6) is 0 Å². The number of nitrogens with two attached hydrogens (primary N) is 1. The third kappa shape index (κ3) is 2.69. The molecule has 0 bridgehead atoms. The Morgan fingerprint density at radius 1 is 1.20 bits per heavy atom.